The van der Waals surface area contributed by atoms with Crippen LogP contribution in [-0.2, 0) is 9.59 Å². The molecule has 1 heterocycles. The molecule has 0 aromatic rings. The Morgan fingerprint density at radius 2 is 1.58 bits per heavy atom. The molecule has 0 radical (unpaired) electrons. The van der Waals surface area contributed by atoms with Crippen molar-refractivity contribution < 1.29 is 9.59 Å². The van der Waals surface area contributed by atoms with Crippen LogP contribution in [0, 0.1) is 0 Å². The maximum Gasteiger partial charge on any atom is 0.239 e. The van der Waals surface area contributed by atoms with Crippen LogP contribution >= 0.6 is 11.4 Å². The molecule has 68 valence electrons. The molecular weight excluding hydrogens is 190 g/mol. The minimum absolute atomic E-state index is 0.0209. The quantitative estimate of drug-likeness (QED) is 0.389. The number of carbonyl (C=O) groups is 2. The van der Waals surface area contributed by atoms with Crippen molar-refractivity contribution in [2.75, 3.05) is 0 Å². The zero-order chi connectivity index (χ0) is 9.35. The molecule has 0 atom stereocenters. The van der Waals surface area contributed by atoms with Gasteiger partial charge in [0, 0.05) is 12.8 Å². The van der Waals surface area contributed by atoms with Crippen LogP contribution in [0.15, 0.2) is 0 Å². The Bertz CT molecular complexity index is 208. The summed E-state index contributed by atoms with van der Waals surface area (Å²) < 4.78 is 1.35. The molecule has 0 spiro atoms. The predicted octanol–water partition coefficient (Wildman–Crippen LogP) is 1.62. The third-order valence-electron chi connectivity index (χ3n) is 1.37. The summed E-state index contributed by atoms with van der Waals surface area (Å²) in [6.45, 7) is 6.36. The summed E-state index contributed by atoms with van der Waals surface area (Å²) in [5.41, 5.74) is 0. The van der Waals surface area contributed by atoms with Crippen LogP contribution < -0.4 is 0 Å². The summed E-state index contributed by atoms with van der Waals surface area (Å²) in [6, 6.07) is 0. The summed E-state index contributed by atoms with van der Waals surface area (Å²) in [5, 5.41) is 0. The Kier molecular flexibility index (Phi) is 2.63. The average molecular weight is 203 g/mol. The number of imide groups is 1. The van der Waals surface area contributed by atoms with Crippen molar-refractivity contribution in [2.24, 2.45) is 0 Å². The number of amides is 2. The van der Waals surface area contributed by atoms with E-state index >= 15 is 0 Å². The lowest BCUT2D eigenvalue weighted by Gasteiger charge is -2.21. The molecule has 0 aliphatic carbocycles. The van der Waals surface area contributed by atoms with Crippen molar-refractivity contribution in [3.63, 3.8) is 0 Å². The number of nitrogens with zero attached hydrogens (tertiary/aromatic N) is 1. The van der Waals surface area contributed by atoms with Crippen molar-refractivity contribution in [3.05, 3.63) is 0 Å². The summed E-state index contributed by atoms with van der Waals surface area (Å²) in [5.74, 6) is -0.0418. The van der Waals surface area contributed by atoms with Gasteiger partial charge in [-0.3, -0.25) is 9.59 Å². The van der Waals surface area contributed by atoms with Gasteiger partial charge in [0.25, 0.3) is 0 Å². The van der Waals surface area contributed by atoms with Gasteiger partial charge >= 0.3 is 0 Å². The highest BCUT2D eigenvalue weighted by Crippen LogP contribution is 2.29. The third kappa shape index (κ3) is 2.35. The minimum atomic E-state index is -1.40. The Balaban J connectivity index is 2.62. The summed E-state index contributed by atoms with van der Waals surface area (Å²) >= 11 is 1.45. The van der Waals surface area contributed by atoms with E-state index in [4.69, 9.17) is 0 Å². The summed E-state index contributed by atoms with van der Waals surface area (Å²) in [6.07, 6.45) is 0.798. The van der Waals surface area contributed by atoms with E-state index in [1.807, 2.05) is 0 Å². The normalized spacial score (nSPS) is 19.1. The topological polar surface area (TPSA) is 37.4 Å². The molecule has 1 fully saturated rings. The van der Waals surface area contributed by atoms with Crippen molar-refractivity contribution in [1.82, 2.24) is 4.31 Å². The first kappa shape index (κ1) is 9.79. The lowest BCUT2D eigenvalue weighted by atomic mass is 10.4. The van der Waals surface area contributed by atoms with Gasteiger partial charge in [-0.2, -0.15) is 0 Å². The van der Waals surface area contributed by atoms with E-state index in [1.54, 1.807) is 0 Å². The molecule has 1 aliphatic rings. The molecule has 1 saturated heterocycles. The molecule has 0 unspecified atom stereocenters. The van der Waals surface area contributed by atoms with Gasteiger partial charge in [-0.15, -0.1) is 0 Å². The summed E-state index contributed by atoms with van der Waals surface area (Å²) in [7, 11) is -1.40. The second kappa shape index (κ2) is 3.22. The Morgan fingerprint density at radius 1 is 1.17 bits per heavy atom. The average Bonchev–Trinajstić information content (AvgIpc) is 2.16. The van der Waals surface area contributed by atoms with E-state index in [-0.39, 0.29) is 11.8 Å². The van der Waals surface area contributed by atoms with Crippen LogP contribution in [0.5, 0.6) is 0 Å². The van der Waals surface area contributed by atoms with E-state index in [0.29, 0.717) is 12.8 Å². The van der Waals surface area contributed by atoms with Gasteiger partial charge in [-0.05, 0) is 0 Å². The van der Waals surface area contributed by atoms with Crippen LogP contribution in [0.25, 0.3) is 0 Å². The van der Waals surface area contributed by atoms with Crippen LogP contribution in [0.1, 0.15) is 12.8 Å². The SMILES string of the molecule is C[Si](C)(C)SN1C(=O)CCC1=O. The smallest absolute Gasteiger partial charge is 0.239 e. The fourth-order valence-corrected chi connectivity index (χ4v) is 4.12. The highest BCUT2D eigenvalue weighted by Gasteiger charge is 2.33. The zero-order valence-electron chi connectivity index (χ0n) is 7.59. The van der Waals surface area contributed by atoms with Crippen molar-refractivity contribution in [1.29, 1.82) is 0 Å². The molecule has 0 bridgehead atoms. The molecule has 3 nitrogen and oxygen atoms in total. The Labute approximate surface area is 77.3 Å². The van der Waals surface area contributed by atoms with Gasteiger partial charge in [0.05, 0.1) is 0 Å². The van der Waals surface area contributed by atoms with E-state index in [2.05, 4.69) is 19.6 Å². The number of hydrogen-bond donors (Lipinski definition) is 0. The fraction of sp³-hybridized carbons (Fsp3) is 0.714. The van der Waals surface area contributed by atoms with E-state index < -0.39 is 7.22 Å². The summed E-state index contributed by atoms with van der Waals surface area (Å²) in [4.78, 5) is 22.3. The maximum absolute atomic E-state index is 11.2. The lowest BCUT2D eigenvalue weighted by Crippen LogP contribution is -2.30. The van der Waals surface area contributed by atoms with Gasteiger partial charge in [0.1, 0.15) is 7.22 Å². The van der Waals surface area contributed by atoms with Crippen molar-refractivity contribution in [2.45, 2.75) is 32.5 Å². The molecule has 0 aromatic heterocycles. The van der Waals surface area contributed by atoms with Gasteiger partial charge in [0.2, 0.25) is 11.8 Å². The number of carbonyl (C=O) groups excluding carboxylic acids is 2. The van der Waals surface area contributed by atoms with Crippen molar-refractivity contribution in [3.8, 4) is 0 Å². The molecule has 1 rings (SSSR count). The first-order valence-electron chi connectivity index (χ1n) is 3.95. The minimum Gasteiger partial charge on any atom is -0.273 e. The predicted molar refractivity (Wildman–Crippen MR) is 52.0 cm³/mol. The number of rotatable bonds is 2. The molecule has 12 heavy (non-hydrogen) atoms. The first-order valence-corrected chi connectivity index (χ1v) is 8.95. The van der Waals surface area contributed by atoms with E-state index in [1.165, 1.54) is 15.7 Å². The van der Waals surface area contributed by atoms with E-state index in [0.717, 1.165) is 0 Å². The lowest BCUT2D eigenvalue weighted by molar-refractivity contribution is -0.131. The monoisotopic (exact) mass is 203 g/mol. The van der Waals surface area contributed by atoms with Gasteiger partial charge in [-0.25, -0.2) is 4.31 Å². The molecule has 0 N–H and O–H groups in total. The van der Waals surface area contributed by atoms with Crippen LogP contribution in [-0.4, -0.2) is 23.3 Å². The molecule has 1 aliphatic heterocycles. The van der Waals surface area contributed by atoms with Crippen LogP contribution in [0.4, 0.5) is 0 Å². The second-order valence-electron chi connectivity index (χ2n) is 3.79. The van der Waals surface area contributed by atoms with E-state index in [9.17, 15) is 9.59 Å². The molecular formula is C7H13NO2SSi. The van der Waals surface area contributed by atoms with Crippen molar-refractivity contribution >= 4 is 30.4 Å². The molecule has 2 amide bonds. The van der Waals surface area contributed by atoms with Gasteiger partial charge in [0.15, 0.2) is 0 Å². The van der Waals surface area contributed by atoms with Crippen LogP contribution in [0.3, 0.4) is 0 Å². The maximum atomic E-state index is 11.2. The Morgan fingerprint density at radius 3 is 1.92 bits per heavy atom. The largest absolute Gasteiger partial charge is 0.273 e. The highest BCUT2D eigenvalue weighted by atomic mass is 32.4. The molecule has 0 aromatic carbocycles. The molecule has 0 saturated carbocycles. The zero-order valence-corrected chi connectivity index (χ0v) is 9.40. The standard InChI is InChI=1S/C7H13NO2SSi/c1-12(2,3)11-8-6(9)4-5-7(8)10/h4-5H2,1-3H3. The number of hydrogen-bond acceptors (Lipinski definition) is 3. The molecule has 5 heteroatoms. The first-order chi connectivity index (χ1) is 5.40. The van der Waals surface area contributed by atoms with Gasteiger partial charge < -0.3 is 0 Å². The Hall–Kier alpha value is -0.293. The third-order valence-corrected chi connectivity index (χ3v) is 4.70. The second-order valence-corrected chi connectivity index (χ2v) is 12.8. The van der Waals surface area contributed by atoms with Gasteiger partial charge in [-0.1, -0.05) is 31.0 Å². The highest BCUT2D eigenvalue weighted by molar-refractivity contribution is 8.27. The fourth-order valence-electron chi connectivity index (χ4n) is 0.932. The van der Waals surface area contributed by atoms with Crippen LogP contribution in [0.2, 0.25) is 19.6 Å².